The van der Waals surface area contributed by atoms with Crippen molar-refractivity contribution in [3.05, 3.63) is 53.1 Å². The summed E-state index contributed by atoms with van der Waals surface area (Å²) >= 11 is 5.97. The number of nitrogens with one attached hydrogen (secondary N) is 1. The van der Waals surface area contributed by atoms with E-state index in [2.05, 4.69) is 5.32 Å². The van der Waals surface area contributed by atoms with Crippen LogP contribution in [0.5, 0.6) is 5.75 Å². The van der Waals surface area contributed by atoms with Crippen molar-refractivity contribution in [3.63, 3.8) is 0 Å². The predicted octanol–water partition coefficient (Wildman–Crippen LogP) is 4.43. The molecule has 0 aliphatic rings. The van der Waals surface area contributed by atoms with Crippen LogP contribution in [0.15, 0.2) is 42.5 Å². The summed E-state index contributed by atoms with van der Waals surface area (Å²) in [5, 5.41) is 3.44. The summed E-state index contributed by atoms with van der Waals surface area (Å²) < 4.78 is 5.37. The molecule has 0 saturated heterocycles. The summed E-state index contributed by atoms with van der Waals surface area (Å²) in [4.78, 5) is 25.8. The van der Waals surface area contributed by atoms with E-state index in [4.69, 9.17) is 16.3 Å². The molecule has 0 radical (unpaired) electrons. The van der Waals surface area contributed by atoms with Crippen LogP contribution >= 0.6 is 11.6 Å². The van der Waals surface area contributed by atoms with Gasteiger partial charge in [0, 0.05) is 36.3 Å². The number of amides is 2. The Bertz CT molecular complexity index is 775. The van der Waals surface area contributed by atoms with Gasteiger partial charge in [0.1, 0.15) is 5.75 Å². The zero-order valence-corrected chi connectivity index (χ0v) is 16.0. The molecule has 0 unspecified atom stereocenters. The lowest BCUT2D eigenvalue weighted by Gasteiger charge is -2.23. The Morgan fingerprint density at radius 1 is 1.15 bits per heavy atom. The molecule has 0 heterocycles. The van der Waals surface area contributed by atoms with Gasteiger partial charge in [-0.25, -0.2) is 0 Å². The normalized spacial score (nSPS) is 10.3. The minimum atomic E-state index is -0.160. The number of carbonyl (C=O) groups is 2. The summed E-state index contributed by atoms with van der Waals surface area (Å²) in [6.07, 6.45) is 0.189. The SMILES string of the molecule is CCOc1ccc(NC(=O)CCN(C(C)=O)c2ccc(Cl)cc2C)cc1. The monoisotopic (exact) mass is 374 g/mol. The van der Waals surface area contributed by atoms with E-state index in [0.717, 1.165) is 17.0 Å². The maximum absolute atomic E-state index is 12.2. The highest BCUT2D eigenvalue weighted by molar-refractivity contribution is 6.30. The third-order valence-corrected chi connectivity index (χ3v) is 4.08. The average Bonchev–Trinajstić information content (AvgIpc) is 2.58. The van der Waals surface area contributed by atoms with Gasteiger partial charge < -0.3 is 15.0 Å². The number of hydrogen-bond acceptors (Lipinski definition) is 3. The van der Waals surface area contributed by atoms with E-state index in [1.165, 1.54) is 6.92 Å². The van der Waals surface area contributed by atoms with E-state index in [1.54, 1.807) is 47.4 Å². The third-order valence-electron chi connectivity index (χ3n) is 3.84. The third kappa shape index (κ3) is 5.49. The number of carbonyl (C=O) groups excluding carboxylic acids is 2. The molecule has 0 spiro atoms. The molecule has 0 fully saturated rings. The van der Waals surface area contributed by atoms with Gasteiger partial charge in [-0.05, 0) is 61.9 Å². The number of aryl methyl sites for hydroxylation is 1. The zero-order valence-electron chi connectivity index (χ0n) is 15.2. The molecule has 0 bridgehead atoms. The van der Waals surface area contributed by atoms with Gasteiger partial charge in [-0.2, -0.15) is 0 Å². The molecule has 0 atom stereocenters. The summed E-state index contributed by atoms with van der Waals surface area (Å²) in [6.45, 7) is 6.17. The van der Waals surface area contributed by atoms with Gasteiger partial charge in [-0.15, -0.1) is 0 Å². The number of nitrogens with zero attached hydrogens (tertiary/aromatic N) is 1. The first-order valence-electron chi connectivity index (χ1n) is 8.47. The zero-order chi connectivity index (χ0) is 19.1. The lowest BCUT2D eigenvalue weighted by molar-refractivity contribution is -0.117. The van der Waals surface area contributed by atoms with Crippen molar-refractivity contribution in [2.45, 2.75) is 27.2 Å². The first-order chi connectivity index (χ1) is 12.4. The number of anilines is 2. The maximum Gasteiger partial charge on any atom is 0.226 e. The number of halogens is 1. The molecule has 0 aliphatic heterocycles. The molecule has 6 heteroatoms. The second-order valence-electron chi connectivity index (χ2n) is 5.86. The van der Waals surface area contributed by atoms with E-state index in [9.17, 15) is 9.59 Å². The van der Waals surface area contributed by atoms with Crippen molar-refractivity contribution >= 4 is 34.8 Å². The largest absolute Gasteiger partial charge is 0.494 e. The van der Waals surface area contributed by atoms with E-state index in [-0.39, 0.29) is 18.2 Å². The minimum absolute atomic E-state index is 0.121. The Morgan fingerprint density at radius 2 is 1.85 bits per heavy atom. The molecule has 0 aromatic heterocycles. The van der Waals surface area contributed by atoms with Gasteiger partial charge >= 0.3 is 0 Å². The highest BCUT2D eigenvalue weighted by Crippen LogP contribution is 2.24. The van der Waals surface area contributed by atoms with Crippen molar-refractivity contribution in [1.82, 2.24) is 0 Å². The Balaban J connectivity index is 1.98. The van der Waals surface area contributed by atoms with Gasteiger partial charge in [0.25, 0.3) is 0 Å². The van der Waals surface area contributed by atoms with Crippen molar-refractivity contribution in [2.24, 2.45) is 0 Å². The van der Waals surface area contributed by atoms with Crippen LogP contribution in [0, 0.1) is 6.92 Å². The molecule has 26 heavy (non-hydrogen) atoms. The fraction of sp³-hybridized carbons (Fsp3) is 0.300. The standard InChI is InChI=1S/C20H23ClN2O3/c1-4-26-18-8-6-17(7-9-18)22-20(25)11-12-23(15(3)24)19-10-5-16(21)13-14(19)2/h5-10,13H,4,11-12H2,1-3H3,(H,22,25). The van der Waals surface area contributed by atoms with Gasteiger partial charge in [0.05, 0.1) is 6.61 Å². The van der Waals surface area contributed by atoms with E-state index < -0.39 is 0 Å². The van der Waals surface area contributed by atoms with Crippen LogP contribution in [0.4, 0.5) is 11.4 Å². The minimum Gasteiger partial charge on any atom is -0.494 e. The van der Waals surface area contributed by atoms with Crippen molar-refractivity contribution < 1.29 is 14.3 Å². The van der Waals surface area contributed by atoms with Crippen molar-refractivity contribution in [1.29, 1.82) is 0 Å². The summed E-state index contributed by atoms with van der Waals surface area (Å²) in [6, 6.07) is 12.5. The highest BCUT2D eigenvalue weighted by Gasteiger charge is 2.15. The number of benzene rings is 2. The average molecular weight is 375 g/mol. The maximum atomic E-state index is 12.2. The molecule has 5 nitrogen and oxygen atoms in total. The first kappa shape index (κ1) is 19.8. The predicted molar refractivity (Wildman–Crippen MR) is 105 cm³/mol. The molecule has 2 amide bonds. The Hall–Kier alpha value is -2.53. The van der Waals surface area contributed by atoms with Gasteiger partial charge in [0.15, 0.2) is 0 Å². The topological polar surface area (TPSA) is 58.6 Å². The molecular weight excluding hydrogens is 352 g/mol. The van der Waals surface area contributed by atoms with Crippen molar-refractivity contribution in [3.8, 4) is 5.75 Å². The molecule has 0 saturated carbocycles. The van der Waals surface area contributed by atoms with Crippen LogP contribution in [0.1, 0.15) is 25.8 Å². The molecule has 138 valence electrons. The highest BCUT2D eigenvalue weighted by atomic mass is 35.5. The van der Waals surface area contributed by atoms with Gasteiger partial charge in [0.2, 0.25) is 11.8 Å². The van der Waals surface area contributed by atoms with Crippen molar-refractivity contribution in [2.75, 3.05) is 23.4 Å². The van der Waals surface area contributed by atoms with Crippen LogP contribution in [-0.4, -0.2) is 25.0 Å². The van der Waals surface area contributed by atoms with Gasteiger partial charge in [-0.1, -0.05) is 11.6 Å². The summed E-state index contributed by atoms with van der Waals surface area (Å²) in [5.41, 5.74) is 2.34. The molecule has 0 aliphatic carbocycles. The van der Waals surface area contributed by atoms with Gasteiger partial charge in [-0.3, -0.25) is 9.59 Å². The number of rotatable bonds is 7. The lowest BCUT2D eigenvalue weighted by atomic mass is 10.1. The Labute approximate surface area is 158 Å². The Kier molecular flexibility index (Phi) is 7.04. The second-order valence-corrected chi connectivity index (χ2v) is 6.29. The van der Waals surface area contributed by atoms with E-state index in [1.807, 2.05) is 13.8 Å². The number of hydrogen-bond donors (Lipinski definition) is 1. The quantitative estimate of drug-likeness (QED) is 0.779. The second kappa shape index (κ2) is 9.25. The van der Waals surface area contributed by atoms with Crippen LogP contribution in [0.3, 0.4) is 0 Å². The van der Waals surface area contributed by atoms with Crippen LogP contribution in [0.25, 0.3) is 0 Å². The van der Waals surface area contributed by atoms with Crippen LogP contribution < -0.4 is 15.0 Å². The fourth-order valence-electron chi connectivity index (χ4n) is 2.61. The number of ether oxygens (including phenoxy) is 1. The molecule has 2 aromatic rings. The van der Waals surface area contributed by atoms with Crippen LogP contribution in [-0.2, 0) is 9.59 Å². The van der Waals surface area contributed by atoms with E-state index in [0.29, 0.717) is 23.9 Å². The summed E-state index contributed by atoms with van der Waals surface area (Å²) in [5.74, 6) is 0.475. The fourth-order valence-corrected chi connectivity index (χ4v) is 2.83. The molecule has 1 N–H and O–H groups in total. The first-order valence-corrected chi connectivity index (χ1v) is 8.85. The van der Waals surface area contributed by atoms with Crippen LogP contribution in [0.2, 0.25) is 5.02 Å². The van der Waals surface area contributed by atoms with E-state index >= 15 is 0 Å². The smallest absolute Gasteiger partial charge is 0.226 e. The molecular formula is C20H23ClN2O3. The molecule has 2 aromatic carbocycles. The molecule has 2 rings (SSSR count). The summed E-state index contributed by atoms with van der Waals surface area (Å²) in [7, 11) is 0. The Morgan fingerprint density at radius 3 is 2.42 bits per heavy atom. The lowest BCUT2D eigenvalue weighted by Crippen LogP contribution is -2.32.